The molecule has 0 fully saturated rings. The molecule has 0 bridgehead atoms. The number of thiazole rings is 1. The molecule has 0 aliphatic carbocycles. The molecule has 0 unspecified atom stereocenters. The summed E-state index contributed by atoms with van der Waals surface area (Å²) < 4.78 is 10.4. The predicted octanol–water partition coefficient (Wildman–Crippen LogP) is 4.30. The lowest BCUT2D eigenvalue weighted by molar-refractivity contribution is -0.394. The van der Waals surface area contributed by atoms with Crippen molar-refractivity contribution in [1.82, 2.24) is 4.98 Å². The fraction of sp³-hybridized carbons (Fsp3) is 0.150. The van der Waals surface area contributed by atoms with E-state index in [4.69, 9.17) is 9.47 Å². The van der Waals surface area contributed by atoms with E-state index < -0.39 is 21.2 Å². The molecule has 0 atom stereocenters. The molecule has 0 saturated carbocycles. The van der Waals surface area contributed by atoms with Crippen LogP contribution in [0.25, 0.3) is 0 Å². The highest BCUT2D eigenvalue weighted by molar-refractivity contribution is 7.13. The summed E-state index contributed by atoms with van der Waals surface area (Å²) in [5, 5.41) is 28.4. The van der Waals surface area contributed by atoms with Crippen molar-refractivity contribution in [2.75, 3.05) is 12.0 Å². The number of hydrogen-bond acceptors (Lipinski definition) is 11. The lowest BCUT2D eigenvalue weighted by Gasteiger charge is -2.06. The molecular weight excluding hydrogens is 454 g/mol. The number of esters is 1. The molecule has 0 amide bonds. The zero-order valence-corrected chi connectivity index (χ0v) is 18.0. The largest absolute Gasteiger partial charge is 0.466 e. The highest BCUT2D eigenvalue weighted by Crippen LogP contribution is 2.34. The number of ether oxygens (including phenoxy) is 2. The number of benzene rings is 2. The molecule has 3 aromatic rings. The van der Waals surface area contributed by atoms with E-state index in [1.54, 1.807) is 36.6 Å². The van der Waals surface area contributed by atoms with E-state index in [9.17, 15) is 25.0 Å². The summed E-state index contributed by atoms with van der Waals surface area (Å²) in [6.45, 7) is 2.05. The lowest BCUT2D eigenvalue weighted by Crippen LogP contribution is -2.07. The van der Waals surface area contributed by atoms with Gasteiger partial charge in [0.05, 0.1) is 40.8 Å². The van der Waals surface area contributed by atoms with Gasteiger partial charge in [-0.2, -0.15) is 5.10 Å². The van der Waals surface area contributed by atoms with Crippen molar-refractivity contribution < 1.29 is 24.1 Å². The SMILES string of the molecule is CCOC(=O)Cc1csc(NN=Cc2ccc(Oc3ccc([N+](=O)[O-])cc3[N+](=O)[O-])cc2)n1. The van der Waals surface area contributed by atoms with Crippen LogP contribution >= 0.6 is 11.3 Å². The maximum atomic E-state index is 11.5. The van der Waals surface area contributed by atoms with E-state index in [-0.39, 0.29) is 18.1 Å². The summed E-state index contributed by atoms with van der Waals surface area (Å²) in [7, 11) is 0. The van der Waals surface area contributed by atoms with Gasteiger partial charge in [0, 0.05) is 11.4 Å². The second-order valence-corrected chi connectivity index (χ2v) is 7.19. The zero-order chi connectivity index (χ0) is 23.8. The van der Waals surface area contributed by atoms with Crippen LogP contribution in [0.1, 0.15) is 18.2 Å². The van der Waals surface area contributed by atoms with Crippen molar-refractivity contribution >= 4 is 40.0 Å². The fourth-order valence-corrected chi connectivity index (χ4v) is 3.22. The van der Waals surface area contributed by atoms with Crippen LogP contribution < -0.4 is 10.2 Å². The number of anilines is 1. The molecule has 0 aliphatic heterocycles. The smallest absolute Gasteiger partial charge is 0.318 e. The van der Waals surface area contributed by atoms with Gasteiger partial charge in [-0.25, -0.2) is 4.98 Å². The number of carbonyl (C=O) groups is 1. The van der Waals surface area contributed by atoms with E-state index >= 15 is 0 Å². The third-order valence-electron chi connectivity index (χ3n) is 4.01. The van der Waals surface area contributed by atoms with Crippen molar-refractivity contribution in [3.63, 3.8) is 0 Å². The molecule has 12 nitrogen and oxygen atoms in total. The summed E-state index contributed by atoms with van der Waals surface area (Å²) in [6.07, 6.45) is 1.62. The average Bonchev–Trinajstić information content (AvgIpc) is 3.22. The first kappa shape index (κ1) is 23.3. The number of nitrogens with zero attached hydrogens (tertiary/aromatic N) is 4. The number of nitro benzene ring substituents is 2. The van der Waals surface area contributed by atoms with E-state index in [0.29, 0.717) is 28.7 Å². The van der Waals surface area contributed by atoms with Crippen molar-refractivity contribution in [2.45, 2.75) is 13.3 Å². The van der Waals surface area contributed by atoms with Crippen LogP contribution in [0.5, 0.6) is 11.5 Å². The Hall–Kier alpha value is -4.39. The highest BCUT2D eigenvalue weighted by atomic mass is 32.1. The summed E-state index contributed by atoms with van der Waals surface area (Å²) in [5.74, 6) is -0.157. The van der Waals surface area contributed by atoms with Gasteiger partial charge < -0.3 is 9.47 Å². The number of nitrogens with one attached hydrogen (secondary N) is 1. The van der Waals surface area contributed by atoms with Crippen LogP contribution in [-0.2, 0) is 16.0 Å². The average molecular weight is 471 g/mol. The first-order chi connectivity index (χ1) is 15.9. The van der Waals surface area contributed by atoms with Crippen LogP contribution in [0.3, 0.4) is 0 Å². The molecule has 0 spiro atoms. The number of non-ortho nitro benzene ring substituents is 1. The van der Waals surface area contributed by atoms with Gasteiger partial charge in [-0.05, 0) is 42.8 Å². The third-order valence-corrected chi connectivity index (χ3v) is 4.81. The number of nitro groups is 2. The van der Waals surface area contributed by atoms with Crippen molar-refractivity contribution in [3.05, 3.63) is 79.3 Å². The van der Waals surface area contributed by atoms with Crippen LogP contribution in [0, 0.1) is 20.2 Å². The summed E-state index contributed by atoms with van der Waals surface area (Å²) in [4.78, 5) is 36.3. The number of hydrogen-bond donors (Lipinski definition) is 1. The minimum absolute atomic E-state index is 0.0874. The molecule has 0 radical (unpaired) electrons. The van der Waals surface area contributed by atoms with Crippen molar-refractivity contribution in [2.24, 2.45) is 5.10 Å². The Kier molecular flexibility index (Phi) is 7.60. The molecule has 0 aliphatic rings. The summed E-state index contributed by atoms with van der Waals surface area (Å²) >= 11 is 1.29. The molecule has 1 heterocycles. The Morgan fingerprint density at radius 3 is 2.61 bits per heavy atom. The monoisotopic (exact) mass is 471 g/mol. The van der Waals surface area contributed by atoms with Gasteiger partial charge in [-0.15, -0.1) is 11.3 Å². The Bertz CT molecular complexity index is 1190. The van der Waals surface area contributed by atoms with Gasteiger partial charge >= 0.3 is 11.7 Å². The maximum absolute atomic E-state index is 11.5. The van der Waals surface area contributed by atoms with Crippen LogP contribution in [-0.4, -0.2) is 33.6 Å². The first-order valence-electron chi connectivity index (χ1n) is 9.45. The Morgan fingerprint density at radius 2 is 1.94 bits per heavy atom. The third kappa shape index (κ3) is 6.54. The highest BCUT2D eigenvalue weighted by Gasteiger charge is 2.21. The van der Waals surface area contributed by atoms with Crippen molar-refractivity contribution in [3.8, 4) is 11.5 Å². The molecule has 2 aromatic carbocycles. The predicted molar refractivity (Wildman–Crippen MR) is 120 cm³/mol. The van der Waals surface area contributed by atoms with Gasteiger partial charge in [-0.1, -0.05) is 0 Å². The minimum Gasteiger partial charge on any atom is -0.466 e. The van der Waals surface area contributed by atoms with Gasteiger partial charge in [0.2, 0.25) is 10.9 Å². The second-order valence-electron chi connectivity index (χ2n) is 6.33. The Balaban J connectivity index is 1.60. The van der Waals surface area contributed by atoms with Crippen LogP contribution in [0.15, 0.2) is 52.9 Å². The van der Waals surface area contributed by atoms with Crippen LogP contribution in [0.4, 0.5) is 16.5 Å². The number of rotatable bonds is 10. The lowest BCUT2D eigenvalue weighted by atomic mass is 10.2. The molecular formula is C20H17N5O7S. The molecule has 1 aromatic heterocycles. The number of aromatic nitrogens is 1. The fourth-order valence-electron chi connectivity index (χ4n) is 2.56. The normalized spacial score (nSPS) is 10.7. The van der Waals surface area contributed by atoms with Gasteiger partial charge in [0.1, 0.15) is 5.75 Å². The molecule has 1 N–H and O–H groups in total. The Morgan fingerprint density at radius 1 is 1.18 bits per heavy atom. The molecule has 3 rings (SSSR count). The van der Waals surface area contributed by atoms with Crippen molar-refractivity contribution in [1.29, 1.82) is 0 Å². The topological polar surface area (TPSA) is 159 Å². The van der Waals surface area contributed by atoms with Gasteiger partial charge in [0.15, 0.2) is 0 Å². The quantitative estimate of drug-likeness (QED) is 0.197. The minimum atomic E-state index is -0.744. The zero-order valence-electron chi connectivity index (χ0n) is 17.2. The maximum Gasteiger partial charge on any atom is 0.318 e. The summed E-state index contributed by atoms with van der Waals surface area (Å²) in [5.41, 5.74) is 3.15. The van der Waals surface area contributed by atoms with E-state index in [1.807, 2.05) is 0 Å². The van der Waals surface area contributed by atoms with E-state index in [0.717, 1.165) is 12.1 Å². The molecule has 13 heteroatoms. The van der Waals surface area contributed by atoms with Gasteiger partial charge in [0.25, 0.3) is 5.69 Å². The molecule has 0 saturated heterocycles. The first-order valence-corrected chi connectivity index (χ1v) is 10.3. The summed E-state index contributed by atoms with van der Waals surface area (Å²) in [6, 6.07) is 9.66. The van der Waals surface area contributed by atoms with E-state index in [1.165, 1.54) is 23.6 Å². The Labute approximate surface area is 190 Å². The number of carbonyl (C=O) groups excluding carboxylic acids is 1. The molecule has 170 valence electrons. The van der Waals surface area contributed by atoms with E-state index in [2.05, 4.69) is 15.5 Å². The standard InChI is InChI=1S/C20H17N5O7S/c1-2-31-19(26)9-14-12-33-20(22-14)23-21-11-13-3-6-16(7-4-13)32-18-8-5-15(24(27)28)10-17(18)25(29)30/h3-8,10-12H,2,9H2,1H3,(H,22,23). The molecule has 33 heavy (non-hydrogen) atoms. The number of hydrazone groups is 1. The van der Waals surface area contributed by atoms with Gasteiger partial charge in [-0.3, -0.25) is 30.4 Å². The second kappa shape index (κ2) is 10.8. The van der Waals surface area contributed by atoms with Crippen LogP contribution in [0.2, 0.25) is 0 Å².